The van der Waals surface area contributed by atoms with Crippen molar-refractivity contribution in [1.82, 2.24) is 0 Å². The first-order valence-corrected chi connectivity index (χ1v) is 7.24. The van der Waals surface area contributed by atoms with Crippen LogP contribution in [0.5, 0.6) is 5.75 Å². The zero-order valence-corrected chi connectivity index (χ0v) is 12.9. The summed E-state index contributed by atoms with van der Waals surface area (Å²) in [6.45, 7) is 3.03. The normalized spacial score (nSPS) is 11.3. The number of aryl methyl sites for hydroxylation is 1. The Hall–Kier alpha value is -2.30. The van der Waals surface area contributed by atoms with Crippen molar-refractivity contribution in [2.24, 2.45) is 0 Å². The third kappa shape index (κ3) is 4.12. The summed E-state index contributed by atoms with van der Waals surface area (Å²) in [5.74, 6) is -0.480. The smallest absolute Gasteiger partial charge is 0.417 e. The Labute approximate surface area is 132 Å². The Bertz CT molecular complexity index is 691. The number of hydrogen-bond donors (Lipinski definition) is 0. The van der Waals surface area contributed by atoms with Crippen LogP contribution in [0.3, 0.4) is 0 Å². The molecular formula is C18H17F3O2. The standard InChI is InChI=1S/C18H17F3O2/c1-3-14-9-15(23-11-13-7-5-4-6-8-13)10-16(18(19,20)21)17(14)12(2)22/h4-10H,3,11H2,1-2H3. The molecule has 0 atom stereocenters. The lowest BCUT2D eigenvalue weighted by Crippen LogP contribution is -2.14. The number of Topliss-reactive ketones (excluding diaryl/α,β-unsaturated/α-hetero) is 1. The van der Waals surface area contributed by atoms with E-state index in [1.807, 2.05) is 30.3 Å². The number of ether oxygens (including phenoxy) is 1. The fourth-order valence-electron chi connectivity index (χ4n) is 2.42. The van der Waals surface area contributed by atoms with Crippen LogP contribution < -0.4 is 4.74 Å². The van der Waals surface area contributed by atoms with E-state index in [0.717, 1.165) is 18.6 Å². The monoisotopic (exact) mass is 322 g/mol. The number of halogens is 3. The van der Waals surface area contributed by atoms with Gasteiger partial charge < -0.3 is 4.74 Å². The molecule has 23 heavy (non-hydrogen) atoms. The molecule has 2 rings (SSSR count). The molecule has 5 heteroatoms. The van der Waals surface area contributed by atoms with E-state index in [9.17, 15) is 18.0 Å². The maximum atomic E-state index is 13.3. The van der Waals surface area contributed by atoms with Crippen molar-refractivity contribution in [2.75, 3.05) is 0 Å². The summed E-state index contributed by atoms with van der Waals surface area (Å²) < 4.78 is 45.3. The van der Waals surface area contributed by atoms with Crippen LogP contribution in [0, 0.1) is 0 Å². The van der Waals surface area contributed by atoms with Crippen molar-refractivity contribution in [1.29, 1.82) is 0 Å². The maximum absolute atomic E-state index is 13.3. The van der Waals surface area contributed by atoms with E-state index in [2.05, 4.69) is 0 Å². The molecule has 0 unspecified atom stereocenters. The van der Waals surface area contributed by atoms with Crippen molar-refractivity contribution in [3.8, 4) is 5.75 Å². The van der Waals surface area contributed by atoms with Gasteiger partial charge in [-0.3, -0.25) is 4.79 Å². The van der Waals surface area contributed by atoms with E-state index in [1.54, 1.807) is 6.92 Å². The van der Waals surface area contributed by atoms with Gasteiger partial charge in [0.25, 0.3) is 0 Å². The quantitative estimate of drug-likeness (QED) is 0.720. The summed E-state index contributed by atoms with van der Waals surface area (Å²) in [7, 11) is 0. The molecule has 0 aliphatic heterocycles. The van der Waals surface area contributed by atoms with Crippen LogP contribution in [0.15, 0.2) is 42.5 Å². The largest absolute Gasteiger partial charge is 0.489 e. The van der Waals surface area contributed by atoms with Gasteiger partial charge in [-0.15, -0.1) is 0 Å². The van der Waals surface area contributed by atoms with Crippen molar-refractivity contribution >= 4 is 5.78 Å². The molecule has 2 nitrogen and oxygen atoms in total. The predicted molar refractivity (Wildman–Crippen MR) is 81.6 cm³/mol. The van der Waals surface area contributed by atoms with Crippen molar-refractivity contribution < 1.29 is 22.7 Å². The topological polar surface area (TPSA) is 26.3 Å². The zero-order valence-electron chi connectivity index (χ0n) is 12.9. The molecule has 0 amide bonds. The summed E-state index contributed by atoms with van der Waals surface area (Å²) in [6.07, 6.45) is -4.28. The molecule has 0 saturated heterocycles. The number of hydrogen-bond acceptors (Lipinski definition) is 2. The van der Waals surface area contributed by atoms with Gasteiger partial charge in [0, 0.05) is 5.56 Å². The lowest BCUT2D eigenvalue weighted by molar-refractivity contribution is -0.138. The highest BCUT2D eigenvalue weighted by Gasteiger charge is 2.36. The van der Waals surface area contributed by atoms with E-state index < -0.39 is 17.5 Å². The van der Waals surface area contributed by atoms with Crippen LogP contribution in [0.2, 0.25) is 0 Å². The van der Waals surface area contributed by atoms with Gasteiger partial charge in [0.15, 0.2) is 5.78 Å². The molecule has 0 aliphatic rings. The van der Waals surface area contributed by atoms with Crippen LogP contribution in [0.4, 0.5) is 13.2 Å². The Kier molecular flexibility index (Phi) is 5.08. The molecule has 122 valence electrons. The third-order valence-corrected chi connectivity index (χ3v) is 3.48. The average molecular weight is 322 g/mol. The summed E-state index contributed by atoms with van der Waals surface area (Å²) in [5, 5.41) is 0. The first-order chi connectivity index (χ1) is 10.8. The van der Waals surface area contributed by atoms with Crippen molar-refractivity contribution in [2.45, 2.75) is 33.1 Å². The first-order valence-electron chi connectivity index (χ1n) is 7.24. The maximum Gasteiger partial charge on any atom is 0.417 e. The number of carbonyl (C=O) groups excluding carboxylic acids is 1. The van der Waals surface area contributed by atoms with E-state index in [0.29, 0.717) is 12.0 Å². The second kappa shape index (κ2) is 6.86. The number of benzene rings is 2. The summed E-state index contributed by atoms with van der Waals surface area (Å²) in [6, 6.07) is 11.6. The summed E-state index contributed by atoms with van der Waals surface area (Å²) >= 11 is 0. The van der Waals surface area contributed by atoms with Gasteiger partial charge in [-0.2, -0.15) is 13.2 Å². The Balaban J connectivity index is 2.39. The van der Waals surface area contributed by atoms with Crippen LogP contribution in [-0.2, 0) is 19.2 Å². The van der Waals surface area contributed by atoms with Gasteiger partial charge >= 0.3 is 6.18 Å². The number of carbonyl (C=O) groups is 1. The fourth-order valence-corrected chi connectivity index (χ4v) is 2.42. The lowest BCUT2D eigenvalue weighted by atomic mass is 9.95. The molecule has 0 aromatic heterocycles. The number of alkyl halides is 3. The van der Waals surface area contributed by atoms with Crippen LogP contribution in [-0.4, -0.2) is 5.78 Å². The molecule has 0 aliphatic carbocycles. The highest BCUT2D eigenvalue weighted by Crippen LogP contribution is 2.37. The number of ketones is 1. The van der Waals surface area contributed by atoms with Crippen LogP contribution >= 0.6 is 0 Å². The second-order valence-corrected chi connectivity index (χ2v) is 5.19. The molecule has 0 N–H and O–H groups in total. The first kappa shape index (κ1) is 17.1. The molecule has 0 saturated carbocycles. The van der Waals surface area contributed by atoms with Crippen LogP contribution in [0.1, 0.15) is 40.9 Å². The molecule has 2 aromatic rings. The highest BCUT2D eigenvalue weighted by molar-refractivity contribution is 5.97. The molecule has 0 bridgehead atoms. The fraction of sp³-hybridized carbons (Fsp3) is 0.278. The second-order valence-electron chi connectivity index (χ2n) is 5.19. The van der Waals surface area contributed by atoms with E-state index >= 15 is 0 Å². The molecule has 0 spiro atoms. The van der Waals surface area contributed by atoms with Gasteiger partial charge in [0.2, 0.25) is 0 Å². The van der Waals surface area contributed by atoms with Crippen molar-refractivity contribution in [3.05, 3.63) is 64.7 Å². The Morgan fingerprint density at radius 1 is 1.13 bits per heavy atom. The van der Waals surface area contributed by atoms with Gasteiger partial charge in [-0.05, 0) is 36.6 Å². The van der Waals surface area contributed by atoms with E-state index in [1.165, 1.54) is 6.07 Å². The molecular weight excluding hydrogens is 305 g/mol. The number of rotatable bonds is 5. The van der Waals surface area contributed by atoms with E-state index in [-0.39, 0.29) is 17.9 Å². The molecule has 2 aromatic carbocycles. The zero-order chi connectivity index (χ0) is 17.0. The summed E-state index contributed by atoms with van der Waals surface area (Å²) in [5.41, 5.74) is -0.00962. The minimum absolute atomic E-state index is 0.114. The Morgan fingerprint density at radius 2 is 1.78 bits per heavy atom. The minimum Gasteiger partial charge on any atom is -0.489 e. The van der Waals surface area contributed by atoms with Gasteiger partial charge in [0.05, 0.1) is 5.56 Å². The molecule has 0 heterocycles. The van der Waals surface area contributed by atoms with E-state index in [4.69, 9.17) is 4.74 Å². The Morgan fingerprint density at radius 3 is 2.30 bits per heavy atom. The predicted octanol–water partition coefficient (Wildman–Crippen LogP) is 5.05. The van der Waals surface area contributed by atoms with Crippen molar-refractivity contribution in [3.63, 3.8) is 0 Å². The third-order valence-electron chi connectivity index (χ3n) is 3.48. The minimum atomic E-state index is -4.60. The highest BCUT2D eigenvalue weighted by atomic mass is 19.4. The SMILES string of the molecule is CCc1cc(OCc2ccccc2)cc(C(F)(F)F)c1C(C)=O. The average Bonchev–Trinajstić information content (AvgIpc) is 2.51. The van der Waals surface area contributed by atoms with Crippen LogP contribution in [0.25, 0.3) is 0 Å². The molecule has 0 radical (unpaired) electrons. The summed E-state index contributed by atoms with van der Waals surface area (Å²) in [4.78, 5) is 11.6. The van der Waals surface area contributed by atoms with Gasteiger partial charge in [0.1, 0.15) is 12.4 Å². The van der Waals surface area contributed by atoms with Gasteiger partial charge in [-0.25, -0.2) is 0 Å². The van der Waals surface area contributed by atoms with Gasteiger partial charge in [-0.1, -0.05) is 37.3 Å². The molecule has 0 fully saturated rings. The lowest BCUT2D eigenvalue weighted by Gasteiger charge is -2.17.